The summed E-state index contributed by atoms with van der Waals surface area (Å²) in [5, 5.41) is 0. The minimum atomic E-state index is -0.303. The summed E-state index contributed by atoms with van der Waals surface area (Å²) < 4.78 is 1.64. The number of fused-ring (bicyclic) bond motifs is 1. The molecular formula is C8H8N5O+. The molecule has 0 saturated heterocycles. The van der Waals surface area contributed by atoms with Crippen LogP contribution in [0.25, 0.3) is 11.2 Å². The van der Waals surface area contributed by atoms with E-state index < -0.39 is 0 Å². The monoisotopic (exact) mass is 190 g/mol. The summed E-state index contributed by atoms with van der Waals surface area (Å²) in [5.74, 6) is 2.53. The zero-order valence-corrected chi connectivity index (χ0v) is 7.24. The number of hydrogen-bond acceptors (Lipinski definition) is 3. The maximum absolute atomic E-state index is 11.3. The average molecular weight is 190 g/mol. The number of terminal acetylenes is 1. The largest absolute Gasteiger partial charge is 0.355 e. The van der Waals surface area contributed by atoms with Crippen LogP contribution in [0.2, 0.25) is 0 Å². The number of imidazole rings is 1. The Hall–Kier alpha value is -2.29. The second-order valence-electron chi connectivity index (χ2n) is 2.76. The van der Waals surface area contributed by atoms with Gasteiger partial charge in [-0.1, -0.05) is 10.9 Å². The van der Waals surface area contributed by atoms with Crippen molar-refractivity contribution in [3.63, 3.8) is 0 Å². The third kappa shape index (κ3) is 1.11. The minimum absolute atomic E-state index is 0.0767. The Morgan fingerprint density at radius 1 is 1.71 bits per heavy atom. The molecule has 2 aromatic rings. The van der Waals surface area contributed by atoms with Crippen molar-refractivity contribution < 1.29 is 4.57 Å². The fourth-order valence-corrected chi connectivity index (χ4v) is 1.24. The number of rotatable bonds is 1. The number of aromatic amines is 2. The molecule has 0 aliphatic carbocycles. The maximum Gasteiger partial charge on any atom is 0.312 e. The molecule has 2 heterocycles. The zero-order chi connectivity index (χ0) is 10.1. The smallest absolute Gasteiger partial charge is 0.312 e. The topological polar surface area (TPSA) is 91.4 Å². The zero-order valence-electron chi connectivity index (χ0n) is 7.24. The van der Waals surface area contributed by atoms with Crippen molar-refractivity contribution in [1.82, 2.24) is 15.0 Å². The van der Waals surface area contributed by atoms with Crippen molar-refractivity contribution >= 4 is 17.1 Å². The Labute approximate surface area is 78.8 Å². The van der Waals surface area contributed by atoms with Gasteiger partial charge in [0.2, 0.25) is 5.52 Å². The molecule has 0 aliphatic rings. The molecule has 0 unspecified atom stereocenters. The molecule has 0 aliphatic heterocycles. The number of H-pyrrole nitrogens is 2. The van der Waals surface area contributed by atoms with Crippen molar-refractivity contribution in [3.8, 4) is 12.3 Å². The molecule has 70 valence electrons. The first-order valence-corrected chi connectivity index (χ1v) is 3.92. The van der Waals surface area contributed by atoms with Crippen LogP contribution >= 0.6 is 0 Å². The number of nitrogens with two attached hydrogens (primary N) is 1. The van der Waals surface area contributed by atoms with E-state index in [0.717, 1.165) is 0 Å². The summed E-state index contributed by atoms with van der Waals surface area (Å²) in [5.41, 5.74) is 5.93. The number of nitrogen functional groups attached to an aromatic ring is 1. The van der Waals surface area contributed by atoms with Crippen molar-refractivity contribution in [2.45, 2.75) is 6.54 Å². The third-order valence-corrected chi connectivity index (χ3v) is 1.82. The highest BCUT2D eigenvalue weighted by Crippen LogP contribution is 1.97. The van der Waals surface area contributed by atoms with Gasteiger partial charge < -0.3 is 5.73 Å². The highest BCUT2D eigenvalue weighted by molar-refractivity contribution is 5.65. The molecule has 0 aromatic carbocycles. The Morgan fingerprint density at radius 2 is 2.50 bits per heavy atom. The standard InChI is InChI=1S/C8H7N5O/c1-2-3-13-4-10-5-6(13)11-8(9)12-7(5)14/h1,4H,3H2,(H3,9,11,12,14)/p+1. The molecule has 0 bridgehead atoms. The Kier molecular flexibility index (Phi) is 1.71. The molecule has 0 saturated carbocycles. The van der Waals surface area contributed by atoms with Crippen molar-refractivity contribution in [2.75, 3.05) is 5.73 Å². The van der Waals surface area contributed by atoms with Gasteiger partial charge >= 0.3 is 5.65 Å². The van der Waals surface area contributed by atoms with Crippen molar-refractivity contribution in [1.29, 1.82) is 0 Å². The number of nitrogens with zero attached hydrogens (tertiary/aromatic N) is 2. The molecule has 2 rings (SSSR count). The lowest BCUT2D eigenvalue weighted by atomic mass is 10.5. The predicted molar refractivity (Wildman–Crippen MR) is 50.2 cm³/mol. The molecule has 0 spiro atoms. The lowest BCUT2D eigenvalue weighted by Gasteiger charge is -1.89. The molecule has 0 fully saturated rings. The highest BCUT2D eigenvalue weighted by Gasteiger charge is 2.14. The molecule has 0 radical (unpaired) electrons. The summed E-state index contributed by atoms with van der Waals surface area (Å²) in [6.45, 7) is 0.343. The first-order valence-electron chi connectivity index (χ1n) is 3.92. The molecular weight excluding hydrogens is 182 g/mol. The van der Waals surface area contributed by atoms with Crippen LogP contribution in [0.4, 0.5) is 5.95 Å². The summed E-state index contributed by atoms with van der Waals surface area (Å²) in [4.78, 5) is 20.5. The summed E-state index contributed by atoms with van der Waals surface area (Å²) in [7, 11) is 0. The van der Waals surface area contributed by atoms with Crippen LogP contribution in [0.15, 0.2) is 11.1 Å². The van der Waals surface area contributed by atoms with Gasteiger partial charge in [-0.15, -0.1) is 6.42 Å². The number of hydrogen-bond donors (Lipinski definition) is 3. The third-order valence-electron chi connectivity index (χ3n) is 1.82. The number of anilines is 1. The second-order valence-corrected chi connectivity index (χ2v) is 2.76. The first-order chi connectivity index (χ1) is 6.72. The molecule has 6 nitrogen and oxygen atoms in total. The normalized spacial score (nSPS) is 10.2. The van der Waals surface area contributed by atoms with Gasteiger partial charge in [-0.2, -0.15) is 0 Å². The Balaban J connectivity index is 2.80. The van der Waals surface area contributed by atoms with Gasteiger partial charge in [0, 0.05) is 0 Å². The van der Waals surface area contributed by atoms with E-state index >= 15 is 0 Å². The van der Waals surface area contributed by atoms with Crippen LogP contribution in [0, 0.1) is 12.3 Å². The van der Waals surface area contributed by atoms with E-state index in [2.05, 4.69) is 20.9 Å². The molecule has 0 amide bonds. The van der Waals surface area contributed by atoms with Gasteiger partial charge in [0.25, 0.3) is 11.5 Å². The van der Waals surface area contributed by atoms with E-state index in [9.17, 15) is 4.79 Å². The molecule has 4 N–H and O–H groups in total. The quantitative estimate of drug-likeness (QED) is 0.387. The first kappa shape index (κ1) is 8.31. The molecule has 6 heteroatoms. The maximum atomic E-state index is 11.3. The van der Waals surface area contributed by atoms with Crippen LogP contribution < -0.4 is 15.9 Å². The second kappa shape index (κ2) is 2.88. The molecule has 2 aromatic heterocycles. The van der Waals surface area contributed by atoms with Crippen LogP contribution in [0.1, 0.15) is 0 Å². The SMILES string of the molecule is C#CC[n+]1c[nH]c2c(=O)[nH]c(N)nc21. The predicted octanol–water partition coefficient (Wildman–Crippen LogP) is -1.25. The van der Waals surface area contributed by atoms with Gasteiger partial charge in [0.1, 0.15) is 6.54 Å². The van der Waals surface area contributed by atoms with Gasteiger partial charge in [0.05, 0.1) is 0 Å². The van der Waals surface area contributed by atoms with E-state index in [0.29, 0.717) is 17.7 Å². The van der Waals surface area contributed by atoms with Gasteiger partial charge in [-0.05, 0) is 0 Å². The highest BCUT2D eigenvalue weighted by atomic mass is 16.1. The average Bonchev–Trinajstić information content (AvgIpc) is 2.49. The fourth-order valence-electron chi connectivity index (χ4n) is 1.24. The van der Waals surface area contributed by atoms with Crippen molar-refractivity contribution in [3.05, 3.63) is 16.7 Å². The Bertz CT molecular complexity index is 573. The van der Waals surface area contributed by atoms with Crippen molar-refractivity contribution in [2.24, 2.45) is 0 Å². The number of aromatic nitrogens is 4. The van der Waals surface area contributed by atoms with E-state index in [-0.39, 0.29) is 11.5 Å². The van der Waals surface area contributed by atoms with E-state index in [1.165, 1.54) is 0 Å². The van der Waals surface area contributed by atoms with Crippen LogP contribution in [-0.2, 0) is 6.54 Å². The minimum Gasteiger partial charge on any atom is -0.355 e. The fraction of sp³-hybridized carbons (Fsp3) is 0.125. The van der Waals surface area contributed by atoms with E-state index in [1.807, 2.05) is 0 Å². The van der Waals surface area contributed by atoms with Gasteiger partial charge in [-0.3, -0.25) is 14.8 Å². The molecule has 0 atom stereocenters. The van der Waals surface area contributed by atoms with Crippen LogP contribution in [-0.4, -0.2) is 15.0 Å². The van der Waals surface area contributed by atoms with Gasteiger partial charge in [0.15, 0.2) is 6.33 Å². The summed E-state index contributed by atoms with van der Waals surface area (Å²) >= 11 is 0. The lowest BCUT2D eigenvalue weighted by Crippen LogP contribution is -2.32. The molecule has 14 heavy (non-hydrogen) atoms. The lowest BCUT2D eigenvalue weighted by molar-refractivity contribution is -0.660. The van der Waals surface area contributed by atoms with Gasteiger partial charge in [-0.25, -0.2) is 4.57 Å². The summed E-state index contributed by atoms with van der Waals surface area (Å²) in [6.07, 6.45) is 6.75. The number of nitrogens with one attached hydrogen (secondary N) is 2. The van der Waals surface area contributed by atoms with E-state index in [1.54, 1.807) is 10.9 Å². The summed E-state index contributed by atoms with van der Waals surface area (Å²) in [6, 6.07) is 0. The Morgan fingerprint density at radius 3 is 3.21 bits per heavy atom. The van der Waals surface area contributed by atoms with E-state index in [4.69, 9.17) is 12.2 Å². The van der Waals surface area contributed by atoms with Crippen LogP contribution in [0.5, 0.6) is 0 Å². The van der Waals surface area contributed by atoms with Crippen LogP contribution in [0.3, 0.4) is 0 Å².